The van der Waals surface area contributed by atoms with Crippen LogP contribution in [0.2, 0.25) is 0 Å². The second-order valence-corrected chi connectivity index (χ2v) is 4.76. The van der Waals surface area contributed by atoms with E-state index >= 15 is 0 Å². The van der Waals surface area contributed by atoms with Gasteiger partial charge in [-0.2, -0.15) is 0 Å². The van der Waals surface area contributed by atoms with E-state index in [1.807, 2.05) is 6.07 Å². The maximum atomic E-state index is 10.6. The SMILES string of the molecule is C=CCN(CC(=O)O)Cc1cc(Br)c(Br)o1. The van der Waals surface area contributed by atoms with Gasteiger partial charge in [-0.05, 0) is 37.9 Å². The first kappa shape index (κ1) is 13.5. The van der Waals surface area contributed by atoms with Crippen molar-refractivity contribution >= 4 is 37.8 Å². The van der Waals surface area contributed by atoms with Gasteiger partial charge in [0.2, 0.25) is 0 Å². The average molecular weight is 353 g/mol. The molecule has 16 heavy (non-hydrogen) atoms. The van der Waals surface area contributed by atoms with Gasteiger partial charge < -0.3 is 9.52 Å². The van der Waals surface area contributed by atoms with E-state index in [0.717, 1.165) is 4.47 Å². The van der Waals surface area contributed by atoms with Gasteiger partial charge in [0.25, 0.3) is 0 Å². The summed E-state index contributed by atoms with van der Waals surface area (Å²) in [4.78, 5) is 12.3. The molecule has 4 nitrogen and oxygen atoms in total. The molecule has 0 unspecified atom stereocenters. The predicted molar refractivity (Wildman–Crippen MR) is 67.2 cm³/mol. The van der Waals surface area contributed by atoms with E-state index < -0.39 is 5.97 Å². The largest absolute Gasteiger partial charge is 0.480 e. The summed E-state index contributed by atoms with van der Waals surface area (Å²) in [6.45, 7) is 4.48. The second kappa shape index (κ2) is 6.22. The van der Waals surface area contributed by atoms with Crippen LogP contribution in [-0.2, 0) is 11.3 Å². The molecule has 1 heterocycles. The second-order valence-electron chi connectivity index (χ2n) is 3.19. The maximum Gasteiger partial charge on any atom is 0.317 e. The molecule has 0 aliphatic rings. The molecule has 0 fully saturated rings. The van der Waals surface area contributed by atoms with Crippen LogP contribution in [0.4, 0.5) is 0 Å². The van der Waals surface area contributed by atoms with Crippen molar-refractivity contribution < 1.29 is 14.3 Å². The average Bonchev–Trinajstić information content (AvgIpc) is 2.45. The minimum Gasteiger partial charge on any atom is -0.480 e. The van der Waals surface area contributed by atoms with E-state index in [2.05, 4.69) is 38.4 Å². The van der Waals surface area contributed by atoms with E-state index in [-0.39, 0.29) is 6.54 Å². The molecule has 1 aromatic heterocycles. The quantitative estimate of drug-likeness (QED) is 0.800. The highest BCUT2D eigenvalue weighted by Crippen LogP contribution is 2.27. The van der Waals surface area contributed by atoms with E-state index in [9.17, 15) is 4.79 Å². The number of rotatable bonds is 6. The molecule has 0 aliphatic heterocycles. The molecule has 0 saturated carbocycles. The number of nitrogens with zero attached hydrogens (tertiary/aromatic N) is 1. The smallest absolute Gasteiger partial charge is 0.317 e. The first-order valence-electron chi connectivity index (χ1n) is 4.51. The van der Waals surface area contributed by atoms with Gasteiger partial charge in [-0.15, -0.1) is 6.58 Å². The van der Waals surface area contributed by atoms with Crippen LogP contribution in [0.3, 0.4) is 0 Å². The first-order valence-corrected chi connectivity index (χ1v) is 6.10. The van der Waals surface area contributed by atoms with Crippen molar-refractivity contribution in [2.45, 2.75) is 6.54 Å². The summed E-state index contributed by atoms with van der Waals surface area (Å²) in [5.41, 5.74) is 0. The molecular formula is C10H11Br2NO3. The fourth-order valence-electron chi connectivity index (χ4n) is 1.25. The fourth-order valence-corrected chi connectivity index (χ4v) is 1.91. The van der Waals surface area contributed by atoms with Crippen LogP contribution in [0.1, 0.15) is 5.76 Å². The number of furan rings is 1. The summed E-state index contributed by atoms with van der Waals surface area (Å²) < 4.78 is 6.80. The Bertz CT molecular complexity index is 370. The molecule has 0 aromatic carbocycles. The van der Waals surface area contributed by atoms with Crippen molar-refractivity contribution in [3.63, 3.8) is 0 Å². The normalized spacial score (nSPS) is 10.7. The van der Waals surface area contributed by atoms with E-state index in [1.165, 1.54) is 0 Å². The van der Waals surface area contributed by atoms with E-state index in [0.29, 0.717) is 23.5 Å². The lowest BCUT2D eigenvalue weighted by Gasteiger charge is -2.16. The zero-order valence-corrected chi connectivity index (χ0v) is 11.6. The monoisotopic (exact) mass is 351 g/mol. The Morgan fingerprint density at radius 2 is 2.31 bits per heavy atom. The molecule has 88 valence electrons. The van der Waals surface area contributed by atoms with Gasteiger partial charge >= 0.3 is 5.97 Å². The Kier molecular flexibility index (Phi) is 5.24. The molecule has 1 aromatic rings. The molecule has 0 amide bonds. The molecule has 1 N–H and O–H groups in total. The van der Waals surface area contributed by atoms with Crippen molar-refractivity contribution in [2.75, 3.05) is 13.1 Å². The van der Waals surface area contributed by atoms with E-state index in [1.54, 1.807) is 11.0 Å². The van der Waals surface area contributed by atoms with Crippen molar-refractivity contribution in [3.8, 4) is 0 Å². The molecule has 0 bridgehead atoms. The number of carboxylic acids is 1. The first-order chi connectivity index (χ1) is 7.52. The van der Waals surface area contributed by atoms with Crippen LogP contribution in [0.15, 0.2) is 32.3 Å². The summed E-state index contributed by atoms with van der Waals surface area (Å²) >= 11 is 6.53. The number of aliphatic carboxylic acids is 1. The summed E-state index contributed by atoms with van der Waals surface area (Å²) in [6.07, 6.45) is 1.66. The van der Waals surface area contributed by atoms with Gasteiger partial charge in [-0.25, -0.2) is 0 Å². The third kappa shape index (κ3) is 4.11. The molecule has 0 radical (unpaired) electrons. The molecule has 0 saturated heterocycles. The Morgan fingerprint density at radius 1 is 1.62 bits per heavy atom. The highest BCUT2D eigenvalue weighted by Gasteiger charge is 2.12. The lowest BCUT2D eigenvalue weighted by molar-refractivity contribution is -0.138. The minimum atomic E-state index is -0.869. The fraction of sp³-hybridized carbons (Fsp3) is 0.300. The van der Waals surface area contributed by atoms with Crippen molar-refractivity contribution in [1.29, 1.82) is 0 Å². The van der Waals surface area contributed by atoms with Gasteiger partial charge in [-0.3, -0.25) is 9.69 Å². The number of carbonyl (C=O) groups is 1. The minimum absolute atomic E-state index is 0.0397. The Balaban J connectivity index is 2.66. The molecule has 6 heteroatoms. The van der Waals surface area contributed by atoms with Gasteiger partial charge in [-0.1, -0.05) is 6.08 Å². The molecule has 0 spiro atoms. The number of carboxylic acid groups (broad SMARTS) is 1. The standard InChI is InChI=1S/C10H11Br2NO3/c1-2-3-13(6-9(14)15)5-7-4-8(11)10(12)16-7/h2,4H,1,3,5-6H2,(H,14,15). The van der Waals surface area contributed by atoms with Crippen LogP contribution >= 0.6 is 31.9 Å². The third-order valence-electron chi connectivity index (χ3n) is 1.82. The third-order valence-corrected chi connectivity index (χ3v) is 3.53. The highest BCUT2D eigenvalue weighted by atomic mass is 79.9. The lowest BCUT2D eigenvalue weighted by Crippen LogP contribution is -2.29. The van der Waals surface area contributed by atoms with Gasteiger partial charge in [0.15, 0.2) is 4.67 Å². The Hall–Kier alpha value is -0.590. The Morgan fingerprint density at radius 3 is 2.75 bits per heavy atom. The summed E-state index contributed by atoms with van der Waals surface area (Å²) in [5.74, 6) is -0.173. The summed E-state index contributed by atoms with van der Waals surface area (Å²) in [5, 5.41) is 8.72. The maximum absolute atomic E-state index is 10.6. The summed E-state index contributed by atoms with van der Waals surface area (Å²) in [7, 11) is 0. The van der Waals surface area contributed by atoms with Crippen LogP contribution in [0.25, 0.3) is 0 Å². The summed E-state index contributed by atoms with van der Waals surface area (Å²) in [6, 6.07) is 1.81. The van der Waals surface area contributed by atoms with Crippen LogP contribution < -0.4 is 0 Å². The number of hydrogen-bond donors (Lipinski definition) is 1. The predicted octanol–water partition coefficient (Wildman–Crippen LogP) is 2.88. The zero-order valence-electron chi connectivity index (χ0n) is 8.45. The van der Waals surface area contributed by atoms with Crippen LogP contribution in [0, 0.1) is 0 Å². The Labute approximate surface area is 110 Å². The topological polar surface area (TPSA) is 53.7 Å². The number of halogens is 2. The van der Waals surface area contributed by atoms with Crippen LogP contribution in [-0.4, -0.2) is 29.1 Å². The highest BCUT2D eigenvalue weighted by molar-refractivity contribution is 9.13. The molecule has 0 atom stereocenters. The van der Waals surface area contributed by atoms with Gasteiger partial charge in [0.05, 0.1) is 17.6 Å². The van der Waals surface area contributed by atoms with Crippen LogP contribution in [0.5, 0.6) is 0 Å². The molecule has 1 rings (SSSR count). The van der Waals surface area contributed by atoms with Crippen molar-refractivity contribution in [3.05, 3.63) is 33.6 Å². The van der Waals surface area contributed by atoms with Gasteiger partial charge in [0.1, 0.15) is 5.76 Å². The van der Waals surface area contributed by atoms with Gasteiger partial charge in [0, 0.05) is 6.54 Å². The van der Waals surface area contributed by atoms with Crippen molar-refractivity contribution in [2.24, 2.45) is 0 Å². The zero-order chi connectivity index (χ0) is 12.1. The lowest BCUT2D eigenvalue weighted by atomic mass is 10.3. The molecule has 0 aliphatic carbocycles. The number of hydrogen-bond acceptors (Lipinski definition) is 3. The van der Waals surface area contributed by atoms with E-state index in [4.69, 9.17) is 9.52 Å². The van der Waals surface area contributed by atoms with Crippen molar-refractivity contribution in [1.82, 2.24) is 4.90 Å². The molecular weight excluding hydrogens is 342 g/mol.